The van der Waals surface area contributed by atoms with Gasteiger partial charge in [0, 0.05) is 34.4 Å². The molecule has 6 heteroatoms. The topological polar surface area (TPSA) is 51.5 Å². The zero-order valence-corrected chi connectivity index (χ0v) is 20.8. The number of hydrogen-bond acceptors (Lipinski definition) is 5. The van der Waals surface area contributed by atoms with Crippen molar-refractivity contribution in [3.05, 3.63) is 100 Å². The molecule has 0 spiro atoms. The molecule has 3 aromatic heterocycles. The summed E-state index contributed by atoms with van der Waals surface area (Å²) in [6.45, 7) is 4.85. The molecule has 0 fully saturated rings. The van der Waals surface area contributed by atoms with Crippen LogP contribution in [0.3, 0.4) is 0 Å². The van der Waals surface area contributed by atoms with E-state index in [0.717, 1.165) is 57.6 Å². The first-order valence-corrected chi connectivity index (χ1v) is 12.4. The van der Waals surface area contributed by atoms with Gasteiger partial charge < -0.3 is 10.1 Å². The molecule has 0 aliphatic carbocycles. The smallest absolute Gasteiger partial charge is 0.236 e. The molecule has 5 rings (SSSR count). The normalized spacial score (nSPS) is 10.7. The lowest BCUT2D eigenvalue weighted by Crippen LogP contribution is -2.09. The van der Waals surface area contributed by atoms with E-state index in [1.165, 1.54) is 5.56 Å². The van der Waals surface area contributed by atoms with E-state index in [4.69, 9.17) is 9.72 Å². The fourth-order valence-electron chi connectivity index (χ4n) is 4.05. The highest BCUT2D eigenvalue weighted by atomic mass is 32.1. The van der Waals surface area contributed by atoms with Gasteiger partial charge in [-0.3, -0.25) is 4.40 Å². The molecular weight excluding hydrogens is 452 g/mol. The number of ether oxygens (including phenoxy) is 1. The number of aryl methyl sites for hydroxylation is 2. The average Bonchev–Trinajstić information content (AvgIpc) is 3.48. The minimum atomic E-state index is 0.701. The third kappa shape index (κ3) is 5.06. The molecule has 0 aliphatic heterocycles. The van der Waals surface area contributed by atoms with E-state index in [2.05, 4.69) is 63.1 Å². The van der Waals surface area contributed by atoms with Crippen LogP contribution < -0.4 is 10.1 Å². The number of aromatic nitrogens is 3. The average molecular weight is 479 g/mol. The summed E-state index contributed by atoms with van der Waals surface area (Å²) in [6, 6.07) is 22.4. The maximum absolute atomic E-state index is 5.37. The number of benzene rings is 2. The molecule has 174 valence electrons. The number of methoxy groups -OCH3 is 1. The lowest BCUT2D eigenvalue weighted by molar-refractivity contribution is 0.414. The summed E-state index contributed by atoms with van der Waals surface area (Å²) in [5, 5.41) is 5.72. The number of nitrogens with one attached hydrogen (secondary N) is 1. The number of hydrogen-bond donors (Lipinski definition) is 1. The molecule has 0 atom stereocenters. The first kappa shape index (κ1) is 22.7. The predicted octanol–water partition coefficient (Wildman–Crippen LogP) is 6.14. The van der Waals surface area contributed by atoms with Gasteiger partial charge in [-0.15, -0.1) is 11.3 Å². The molecule has 5 aromatic rings. The Morgan fingerprint density at radius 1 is 0.943 bits per heavy atom. The minimum absolute atomic E-state index is 0.701. The number of nitrogens with zero attached hydrogens (tertiary/aromatic N) is 3. The minimum Gasteiger partial charge on any atom is -0.497 e. The van der Waals surface area contributed by atoms with Crippen molar-refractivity contribution in [2.45, 2.75) is 20.3 Å². The molecule has 0 amide bonds. The number of fused-ring (bicyclic) bond motifs is 1. The largest absolute Gasteiger partial charge is 0.497 e. The summed E-state index contributed by atoms with van der Waals surface area (Å²) in [5.74, 6) is 9.04. The first-order chi connectivity index (χ1) is 17.1. The molecule has 5 nitrogen and oxygen atoms in total. The SMILES string of the molecule is COc1cccc(CCNc2c(-c3cc(C#Cc4ccccc4)cs3)nc3nc(C)cc(C)n23)c1. The summed E-state index contributed by atoms with van der Waals surface area (Å²) in [5.41, 5.74) is 6.14. The van der Waals surface area contributed by atoms with Crippen LogP contribution in [-0.2, 0) is 6.42 Å². The van der Waals surface area contributed by atoms with Gasteiger partial charge in [-0.2, -0.15) is 0 Å². The fraction of sp³-hybridized carbons (Fsp3) is 0.172. The monoisotopic (exact) mass is 478 g/mol. The van der Waals surface area contributed by atoms with Gasteiger partial charge in [0.1, 0.15) is 17.3 Å². The van der Waals surface area contributed by atoms with Crippen molar-refractivity contribution >= 4 is 22.9 Å². The molecule has 0 unspecified atom stereocenters. The Hall–Kier alpha value is -4.08. The summed E-state index contributed by atoms with van der Waals surface area (Å²) in [6.07, 6.45) is 0.862. The van der Waals surface area contributed by atoms with Crippen molar-refractivity contribution in [2.75, 3.05) is 19.0 Å². The molecule has 0 aliphatic rings. The van der Waals surface area contributed by atoms with Crippen LogP contribution in [0, 0.1) is 25.7 Å². The first-order valence-electron chi connectivity index (χ1n) is 11.5. The summed E-state index contributed by atoms with van der Waals surface area (Å²) in [4.78, 5) is 10.7. The number of thiophene rings is 1. The van der Waals surface area contributed by atoms with Crippen LogP contribution in [0.1, 0.15) is 28.1 Å². The van der Waals surface area contributed by atoms with Crippen molar-refractivity contribution < 1.29 is 4.74 Å². The summed E-state index contributed by atoms with van der Waals surface area (Å²) < 4.78 is 7.47. The van der Waals surface area contributed by atoms with Crippen molar-refractivity contribution in [2.24, 2.45) is 0 Å². The Bertz CT molecular complexity index is 1540. The van der Waals surface area contributed by atoms with E-state index < -0.39 is 0 Å². The van der Waals surface area contributed by atoms with Crippen LogP contribution in [0.5, 0.6) is 5.75 Å². The quantitative estimate of drug-likeness (QED) is 0.298. The van der Waals surface area contributed by atoms with E-state index >= 15 is 0 Å². The van der Waals surface area contributed by atoms with Crippen LogP contribution >= 0.6 is 11.3 Å². The second-order valence-electron chi connectivity index (χ2n) is 8.33. The molecule has 0 radical (unpaired) electrons. The van der Waals surface area contributed by atoms with E-state index in [-0.39, 0.29) is 0 Å². The van der Waals surface area contributed by atoms with Gasteiger partial charge in [0.05, 0.1) is 12.0 Å². The molecule has 0 saturated carbocycles. The lowest BCUT2D eigenvalue weighted by Gasteiger charge is -2.11. The Balaban J connectivity index is 1.46. The molecule has 35 heavy (non-hydrogen) atoms. The Morgan fingerprint density at radius 2 is 1.77 bits per heavy atom. The number of imidazole rings is 1. The van der Waals surface area contributed by atoms with E-state index in [1.54, 1.807) is 18.4 Å². The van der Waals surface area contributed by atoms with Gasteiger partial charge in [0.15, 0.2) is 0 Å². The van der Waals surface area contributed by atoms with Gasteiger partial charge in [-0.25, -0.2) is 9.97 Å². The van der Waals surface area contributed by atoms with Crippen LogP contribution in [0.25, 0.3) is 16.3 Å². The standard InChI is InChI=1S/C29H26N4OS/c1-20-16-21(2)33-28(30-15-14-23-10-7-11-25(17-23)34-3)27(32-29(33)31-20)26-18-24(19-35-26)13-12-22-8-5-4-6-9-22/h4-11,16-19,30H,14-15H2,1-3H3. The lowest BCUT2D eigenvalue weighted by atomic mass is 10.1. The molecule has 0 bridgehead atoms. The van der Waals surface area contributed by atoms with Crippen molar-refractivity contribution in [3.63, 3.8) is 0 Å². The maximum atomic E-state index is 5.37. The maximum Gasteiger partial charge on any atom is 0.236 e. The zero-order valence-electron chi connectivity index (χ0n) is 20.0. The fourth-order valence-corrected chi connectivity index (χ4v) is 4.88. The van der Waals surface area contributed by atoms with Crippen LogP contribution in [0.15, 0.2) is 72.1 Å². The van der Waals surface area contributed by atoms with E-state index in [1.807, 2.05) is 49.4 Å². The molecule has 2 aromatic carbocycles. The van der Waals surface area contributed by atoms with Gasteiger partial charge in [0.2, 0.25) is 5.78 Å². The highest BCUT2D eigenvalue weighted by Crippen LogP contribution is 2.34. The summed E-state index contributed by atoms with van der Waals surface area (Å²) in [7, 11) is 1.69. The Labute approximate surface area is 209 Å². The van der Waals surface area contributed by atoms with Gasteiger partial charge in [-0.05, 0) is 62.2 Å². The van der Waals surface area contributed by atoms with Crippen molar-refractivity contribution in [3.8, 4) is 28.2 Å². The summed E-state index contributed by atoms with van der Waals surface area (Å²) >= 11 is 1.65. The highest BCUT2D eigenvalue weighted by Gasteiger charge is 2.18. The predicted molar refractivity (Wildman–Crippen MR) is 143 cm³/mol. The third-order valence-corrected chi connectivity index (χ3v) is 6.64. The Kier molecular flexibility index (Phi) is 6.51. The van der Waals surface area contributed by atoms with Crippen molar-refractivity contribution in [1.29, 1.82) is 0 Å². The molecular formula is C29H26N4OS. The van der Waals surface area contributed by atoms with E-state index in [0.29, 0.717) is 5.78 Å². The van der Waals surface area contributed by atoms with Gasteiger partial charge >= 0.3 is 0 Å². The third-order valence-electron chi connectivity index (χ3n) is 5.70. The highest BCUT2D eigenvalue weighted by molar-refractivity contribution is 7.13. The zero-order chi connectivity index (χ0) is 24.2. The van der Waals surface area contributed by atoms with Gasteiger partial charge in [0.25, 0.3) is 0 Å². The molecule has 0 saturated heterocycles. The van der Waals surface area contributed by atoms with Gasteiger partial charge in [-0.1, -0.05) is 42.2 Å². The van der Waals surface area contributed by atoms with Crippen LogP contribution in [0.4, 0.5) is 5.82 Å². The second kappa shape index (κ2) is 10.0. The number of anilines is 1. The molecule has 3 heterocycles. The Morgan fingerprint density at radius 3 is 2.60 bits per heavy atom. The number of rotatable bonds is 6. The van der Waals surface area contributed by atoms with E-state index in [9.17, 15) is 0 Å². The van der Waals surface area contributed by atoms with Crippen LogP contribution in [0.2, 0.25) is 0 Å². The second-order valence-corrected chi connectivity index (χ2v) is 9.24. The van der Waals surface area contributed by atoms with Crippen LogP contribution in [-0.4, -0.2) is 28.0 Å². The molecule has 1 N–H and O–H groups in total. The van der Waals surface area contributed by atoms with Crippen molar-refractivity contribution in [1.82, 2.24) is 14.4 Å².